The zero-order chi connectivity index (χ0) is 23.4. The molecule has 0 bridgehead atoms. The molecule has 1 aromatic carbocycles. The monoisotopic (exact) mass is 456 g/mol. The fraction of sp³-hybridized carbons (Fsp3) is 0.364. The minimum Gasteiger partial charge on any atom is -0.508 e. The van der Waals surface area contributed by atoms with Crippen molar-refractivity contribution < 1.29 is 14.7 Å². The molecule has 0 spiro atoms. The minimum atomic E-state index is -0.302. The van der Waals surface area contributed by atoms with Crippen LogP contribution in [0.1, 0.15) is 39.8 Å². The van der Waals surface area contributed by atoms with E-state index in [1.165, 1.54) is 17.5 Å². The van der Waals surface area contributed by atoms with Crippen molar-refractivity contribution in [3.05, 3.63) is 46.2 Å². The standard InChI is InChI=1S/C22H28N6O3S/c1-6-9-27(5)19(30)12-28-15(4)16(10-24-28)25-22-23-11-18(32-22)21(31)26-20-13(2)7-8-17(29)14(20)3/h7-8,10-11,29H,6,9,12H2,1-5H3,(H,23,25)(H,26,31). The quantitative estimate of drug-likeness (QED) is 0.475. The lowest BCUT2D eigenvalue weighted by Crippen LogP contribution is -2.31. The number of nitrogens with zero attached hydrogens (tertiary/aromatic N) is 4. The van der Waals surface area contributed by atoms with Crippen LogP contribution in [-0.2, 0) is 11.3 Å². The number of thiazole rings is 1. The normalized spacial score (nSPS) is 10.8. The number of hydrogen-bond donors (Lipinski definition) is 3. The summed E-state index contributed by atoms with van der Waals surface area (Å²) in [6.45, 7) is 8.39. The highest BCUT2D eigenvalue weighted by molar-refractivity contribution is 7.17. The number of benzene rings is 1. The number of aryl methyl sites for hydroxylation is 1. The van der Waals surface area contributed by atoms with Crippen LogP contribution < -0.4 is 10.6 Å². The lowest BCUT2D eigenvalue weighted by atomic mass is 10.1. The van der Waals surface area contributed by atoms with Crippen LogP contribution in [-0.4, -0.2) is 50.2 Å². The largest absolute Gasteiger partial charge is 0.508 e. The number of nitrogens with one attached hydrogen (secondary N) is 2. The minimum absolute atomic E-state index is 0.00431. The number of carbonyl (C=O) groups is 2. The Bertz CT molecular complexity index is 1140. The van der Waals surface area contributed by atoms with Crippen molar-refractivity contribution in [3.8, 4) is 5.75 Å². The maximum atomic E-state index is 12.7. The maximum Gasteiger partial charge on any atom is 0.267 e. The molecule has 3 aromatic rings. The average Bonchev–Trinajstić information content (AvgIpc) is 3.36. The highest BCUT2D eigenvalue weighted by atomic mass is 32.1. The van der Waals surface area contributed by atoms with Gasteiger partial charge in [-0.1, -0.05) is 24.3 Å². The van der Waals surface area contributed by atoms with Crippen LogP contribution in [0.5, 0.6) is 5.75 Å². The molecule has 2 heterocycles. The summed E-state index contributed by atoms with van der Waals surface area (Å²) in [5.74, 6) is -0.177. The van der Waals surface area contributed by atoms with Gasteiger partial charge in [0.25, 0.3) is 5.91 Å². The summed E-state index contributed by atoms with van der Waals surface area (Å²) in [6, 6.07) is 3.36. The topological polar surface area (TPSA) is 112 Å². The zero-order valence-corrected chi connectivity index (χ0v) is 19.7. The summed E-state index contributed by atoms with van der Waals surface area (Å²) < 4.78 is 1.64. The molecule has 0 saturated carbocycles. The molecule has 2 amide bonds. The molecule has 170 valence electrons. The van der Waals surface area contributed by atoms with Crippen molar-refractivity contribution in [3.63, 3.8) is 0 Å². The molecule has 0 saturated heterocycles. The Morgan fingerprint density at radius 3 is 2.69 bits per heavy atom. The van der Waals surface area contributed by atoms with E-state index < -0.39 is 0 Å². The molecule has 0 unspecified atom stereocenters. The van der Waals surface area contributed by atoms with Gasteiger partial charge >= 0.3 is 0 Å². The van der Waals surface area contributed by atoms with Gasteiger partial charge in [0.15, 0.2) is 5.13 Å². The van der Waals surface area contributed by atoms with Gasteiger partial charge in [-0.25, -0.2) is 4.98 Å². The lowest BCUT2D eigenvalue weighted by Gasteiger charge is -2.16. The first kappa shape index (κ1) is 23.3. The van der Waals surface area contributed by atoms with E-state index >= 15 is 0 Å². The van der Waals surface area contributed by atoms with Crippen molar-refractivity contribution in [1.82, 2.24) is 19.7 Å². The van der Waals surface area contributed by atoms with Crippen LogP contribution in [0.15, 0.2) is 24.5 Å². The van der Waals surface area contributed by atoms with Crippen LogP contribution in [0.3, 0.4) is 0 Å². The average molecular weight is 457 g/mol. The van der Waals surface area contributed by atoms with Gasteiger partial charge in [-0.05, 0) is 38.8 Å². The molecule has 10 heteroatoms. The molecule has 3 rings (SSSR count). The molecular weight excluding hydrogens is 428 g/mol. The third-order valence-electron chi connectivity index (χ3n) is 5.23. The predicted molar refractivity (Wildman–Crippen MR) is 126 cm³/mol. The summed E-state index contributed by atoms with van der Waals surface area (Å²) >= 11 is 1.21. The Hall–Kier alpha value is -3.40. The van der Waals surface area contributed by atoms with Crippen molar-refractivity contribution in [2.75, 3.05) is 24.2 Å². The fourth-order valence-electron chi connectivity index (χ4n) is 3.19. The maximum absolute atomic E-state index is 12.7. The van der Waals surface area contributed by atoms with E-state index in [2.05, 4.69) is 20.7 Å². The molecule has 0 radical (unpaired) electrons. The van der Waals surface area contributed by atoms with Gasteiger partial charge in [0.1, 0.15) is 17.2 Å². The van der Waals surface area contributed by atoms with E-state index in [9.17, 15) is 14.7 Å². The Kier molecular flexibility index (Phi) is 7.14. The van der Waals surface area contributed by atoms with E-state index in [0.29, 0.717) is 27.8 Å². The number of aromatic nitrogens is 3. The number of likely N-dealkylation sites (N-methyl/N-ethyl adjacent to an activating group) is 1. The molecule has 0 aliphatic carbocycles. The van der Waals surface area contributed by atoms with Crippen molar-refractivity contribution >= 4 is 39.7 Å². The first-order chi connectivity index (χ1) is 15.2. The second kappa shape index (κ2) is 9.82. The van der Waals surface area contributed by atoms with Gasteiger partial charge in [0, 0.05) is 19.2 Å². The molecule has 9 nitrogen and oxygen atoms in total. The van der Waals surface area contributed by atoms with Crippen LogP contribution in [0.2, 0.25) is 0 Å². The van der Waals surface area contributed by atoms with Crippen molar-refractivity contribution in [1.29, 1.82) is 0 Å². The number of carbonyl (C=O) groups excluding carboxylic acids is 2. The van der Waals surface area contributed by atoms with Gasteiger partial charge < -0.3 is 20.6 Å². The fourth-order valence-corrected chi connectivity index (χ4v) is 3.92. The third-order valence-corrected chi connectivity index (χ3v) is 6.14. The van der Waals surface area contributed by atoms with E-state index in [4.69, 9.17) is 0 Å². The number of phenols is 1. The molecule has 32 heavy (non-hydrogen) atoms. The number of hydrogen-bond acceptors (Lipinski definition) is 7. The summed E-state index contributed by atoms with van der Waals surface area (Å²) in [4.78, 5) is 31.4. The second-order valence-corrected chi connectivity index (χ2v) is 8.66. The number of aromatic hydroxyl groups is 1. The summed E-state index contributed by atoms with van der Waals surface area (Å²) in [7, 11) is 1.78. The summed E-state index contributed by atoms with van der Waals surface area (Å²) in [5.41, 5.74) is 3.59. The Balaban J connectivity index is 1.68. The van der Waals surface area contributed by atoms with Gasteiger partial charge in [0.2, 0.25) is 5.91 Å². The highest BCUT2D eigenvalue weighted by Gasteiger charge is 2.17. The summed E-state index contributed by atoms with van der Waals surface area (Å²) in [5, 5.41) is 20.8. The molecule has 0 aliphatic heterocycles. The zero-order valence-electron chi connectivity index (χ0n) is 18.9. The van der Waals surface area contributed by atoms with Crippen LogP contribution >= 0.6 is 11.3 Å². The van der Waals surface area contributed by atoms with Crippen molar-refractivity contribution in [2.45, 2.75) is 40.7 Å². The Morgan fingerprint density at radius 2 is 1.97 bits per heavy atom. The Labute approximate surface area is 191 Å². The number of amides is 2. The molecule has 2 aromatic heterocycles. The number of rotatable bonds is 8. The van der Waals surface area contributed by atoms with Gasteiger partial charge in [-0.15, -0.1) is 0 Å². The smallest absolute Gasteiger partial charge is 0.267 e. The van der Waals surface area contributed by atoms with E-state index in [0.717, 1.165) is 23.4 Å². The first-order valence-electron chi connectivity index (χ1n) is 10.3. The van der Waals surface area contributed by atoms with E-state index in [1.807, 2.05) is 20.8 Å². The molecule has 0 aliphatic rings. The van der Waals surface area contributed by atoms with Gasteiger partial charge in [0.05, 0.1) is 29.5 Å². The predicted octanol–water partition coefficient (Wildman–Crippen LogP) is 3.83. The SMILES string of the molecule is CCCN(C)C(=O)Cn1ncc(Nc2ncc(C(=O)Nc3c(C)ccc(O)c3C)s2)c1C. The molecule has 0 fully saturated rings. The summed E-state index contributed by atoms with van der Waals surface area (Å²) in [6.07, 6.45) is 4.04. The molecule has 0 atom stereocenters. The molecular formula is C22H28N6O3S. The molecule has 3 N–H and O–H groups in total. The highest BCUT2D eigenvalue weighted by Crippen LogP contribution is 2.30. The van der Waals surface area contributed by atoms with Crippen LogP contribution in [0.4, 0.5) is 16.5 Å². The number of phenolic OH excluding ortho intramolecular Hbond substituents is 1. The van der Waals surface area contributed by atoms with E-state index in [-0.39, 0.29) is 24.1 Å². The lowest BCUT2D eigenvalue weighted by molar-refractivity contribution is -0.130. The van der Waals surface area contributed by atoms with Gasteiger partial charge in [-0.2, -0.15) is 5.10 Å². The van der Waals surface area contributed by atoms with E-state index in [1.54, 1.807) is 41.9 Å². The third kappa shape index (κ3) is 5.08. The van der Waals surface area contributed by atoms with Gasteiger partial charge in [-0.3, -0.25) is 14.3 Å². The first-order valence-corrected chi connectivity index (χ1v) is 11.1. The number of anilines is 3. The van der Waals surface area contributed by atoms with Crippen molar-refractivity contribution in [2.24, 2.45) is 0 Å². The van der Waals surface area contributed by atoms with Crippen LogP contribution in [0.25, 0.3) is 0 Å². The van der Waals surface area contributed by atoms with Crippen LogP contribution in [0, 0.1) is 20.8 Å². The second-order valence-electron chi connectivity index (χ2n) is 7.63. The Morgan fingerprint density at radius 1 is 1.22 bits per heavy atom.